The lowest BCUT2D eigenvalue weighted by atomic mass is 9.93. The van der Waals surface area contributed by atoms with Crippen molar-refractivity contribution in [3.63, 3.8) is 0 Å². The molecule has 0 spiro atoms. The van der Waals surface area contributed by atoms with Crippen LogP contribution in [0.4, 0.5) is 0 Å². The molecule has 0 fully saturated rings. The van der Waals surface area contributed by atoms with Crippen LogP contribution >= 0.6 is 18.2 Å². The zero-order valence-electron chi connectivity index (χ0n) is 13.0. The third-order valence-electron chi connectivity index (χ3n) is 3.65. The molecule has 1 atom stereocenters. The second kappa shape index (κ2) is 7.49. The van der Waals surface area contributed by atoms with Crippen LogP contribution in [0.5, 0.6) is 17.2 Å². The largest absolute Gasteiger partial charge is 0.508 e. The molecule has 6 nitrogen and oxygen atoms in total. The number of benzene rings is 2. The quantitative estimate of drug-likeness (QED) is 0.492. The Morgan fingerprint density at radius 1 is 1.08 bits per heavy atom. The van der Waals surface area contributed by atoms with E-state index in [0.29, 0.717) is 29.8 Å². The average Bonchev–Trinajstić information content (AvgIpc) is 2.44. The minimum atomic E-state index is -4.40. The van der Waals surface area contributed by atoms with Gasteiger partial charge in [0.2, 0.25) is 0 Å². The zero-order chi connectivity index (χ0) is 17.9. The molecular formula is C16H19O6PS. The predicted molar refractivity (Wildman–Crippen MR) is 92.5 cm³/mol. The number of hydrogen-bond acceptors (Lipinski definition) is 5. The normalized spacial score (nSPS) is 13.0. The van der Waals surface area contributed by atoms with Crippen LogP contribution in [0.1, 0.15) is 30.4 Å². The Labute approximate surface area is 143 Å². The molecular weight excluding hydrogens is 351 g/mol. The highest BCUT2D eigenvalue weighted by Crippen LogP contribution is 2.56. The van der Waals surface area contributed by atoms with Gasteiger partial charge >= 0.3 is 6.80 Å². The Kier molecular flexibility index (Phi) is 5.83. The first-order valence-electron chi connectivity index (χ1n) is 7.24. The summed E-state index contributed by atoms with van der Waals surface area (Å²) >= 11 is 0.312. The Morgan fingerprint density at radius 3 is 2.42 bits per heavy atom. The summed E-state index contributed by atoms with van der Waals surface area (Å²) in [6, 6.07) is 9.25. The molecule has 0 saturated carbocycles. The fourth-order valence-electron chi connectivity index (χ4n) is 2.44. The SMILES string of the molecule is CC(CCc1c(O)cc(O)cc1SP(=O)(O)O)c1cccc(O)c1. The van der Waals surface area contributed by atoms with Crippen LogP contribution in [0.2, 0.25) is 0 Å². The van der Waals surface area contributed by atoms with Gasteiger partial charge in [-0.2, -0.15) is 0 Å². The van der Waals surface area contributed by atoms with E-state index in [2.05, 4.69) is 0 Å². The lowest BCUT2D eigenvalue weighted by molar-refractivity contribution is 0.397. The average molecular weight is 370 g/mol. The van der Waals surface area contributed by atoms with Crippen LogP contribution in [-0.4, -0.2) is 25.1 Å². The third kappa shape index (κ3) is 5.18. The summed E-state index contributed by atoms with van der Waals surface area (Å²) in [6.45, 7) is -2.44. The van der Waals surface area contributed by atoms with Crippen LogP contribution in [0.3, 0.4) is 0 Å². The Hall–Kier alpha value is -1.66. The second-order valence-corrected chi connectivity index (χ2v) is 9.14. The molecule has 0 heterocycles. The fourth-order valence-corrected chi connectivity index (χ4v) is 4.44. The van der Waals surface area contributed by atoms with Gasteiger partial charge in [0.15, 0.2) is 0 Å². The highest BCUT2D eigenvalue weighted by Gasteiger charge is 2.21. The summed E-state index contributed by atoms with van der Waals surface area (Å²) in [5.41, 5.74) is 1.31. The highest BCUT2D eigenvalue weighted by atomic mass is 32.7. The van der Waals surface area contributed by atoms with E-state index in [0.717, 1.165) is 11.6 Å². The highest BCUT2D eigenvalue weighted by molar-refractivity contribution is 8.54. The van der Waals surface area contributed by atoms with Crippen LogP contribution in [-0.2, 0) is 11.0 Å². The number of phenols is 3. The molecule has 2 rings (SSSR count). The first-order chi connectivity index (χ1) is 11.2. The maximum atomic E-state index is 11.2. The Bertz CT molecular complexity index is 773. The zero-order valence-corrected chi connectivity index (χ0v) is 14.7. The molecule has 0 aromatic heterocycles. The van der Waals surface area contributed by atoms with E-state index >= 15 is 0 Å². The summed E-state index contributed by atoms with van der Waals surface area (Å²) in [5.74, 6) is -0.218. The van der Waals surface area contributed by atoms with Gasteiger partial charge in [-0.25, -0.2) is 4.57 Å². The van der Waals surface area contributed by atoms with Gasteiger partial charge in [-0.3, -0.25) is 0 Å². The van der Waals surface area contributed by atoms with Gasteiger partial charge in [0.1, 0.15) is 17.2 Å². The van der Waals surface area contributed by atoms with Crippen molar-refractivity contribution in [2.24, 2.45) is 0 Å². The molecule has 0 bridgehead atoms. The van der Waals surface area contributed by atoms with Gasteiger partial charge in [0.05, 0.1) is 0 Å². The molecule has 24 heavy (non-hydrogen) atoms. The summed E-state index contributed by atoms with van der Waals surface area (Å²) in [6.07, 6.45) is 0.960. The minimum absolute atomic E-state index is 0.0678. The summed E-state index contributed by atoms with van der Waals surface area (Å²) < 4.78 is 11.2. The van der Waals surface area contributed by atoms with Crippen molar-refractivity contribution in [1.29, 1.82) is 0 Å². The van der Waals surface area contributed by atoms with Gasteiger partial charge in [-0.05, 0) is 53.9 Å². The Balaban J connectivity index is 2.21. The first-order valence-corrected chi connectivity index (χ1v) is 10.3. The molecule has 1 unspecified atom stereocenters. The molecule has 2 aromatic carbocycles. The number of aromatic hydroxyl groups is 3. The summed E-state index contributed by atoms with van der Waals surface area (Å²) in [5, 5.41) is 29.1. The third-order valence-corrected chi connectivity index (χ3v) is 5.76. The molecule has 8 heteroatoms. The standard InChI is InChI=1S/C16H19O6PS/c1-10(11-3-2-4-12(17)7-11)5-6-14-15(19)8-13(18)9-16(14)24-23(20,21)22/h2-4,7-10,17-19H,5-6H2,1H3,(H2,20,21,22). The van der Waals surface area contributed by atoms with Crippen molar-refractivity contribution >= 4 is 18.2 Å². The lowest BCUT2D eigenvalue weighted by Crippen LogP contribution is -1.98. The molecule has 0 aliphatic rings. The van der Waals surface area contributed by atoms with E-state index < -0.39 is 6.80 Å². The van der Waals surface area contributed by atoms with Crippen molar-refractivity contribution in [1.82, 2.24) is 0 Å². The van der Waals surface area contributed by atoms with Gasteiger partial charge in [0, 0.05) is 16.5 Å². The number of hydrogen-bond donors (Lipinski definition) is 5. The summed E-state index contributed by atoms with van der Waals surface area (Å²) in [7, 11) is 0. The number of phenolic OH excluding ortho intramolecular Hbond substituents is 3. The molecule has 5 N–H and O–H groups in total. The molecule has 0 aliphatic heterocycles. The van der Waals surface area contributed by atoms with E-state index in [4.69, 9.17) is 9.79 Å². The molecule has 2 aromatic rings. The molecule has 130 valence electrons. The second-order valence-electron chi connectivity index (χ2n) is 5.56. The van der Waals surface area contributed by atoms with Crippen molar-refractivity contribution in [3.8, 4) is 17.2 Å². The van der Waals surface area contributed by atoms with Gasteiger partial charge in [0.25, 0.3) is 0 Å². The maximum Gasteiger partial charge on any atom is 0.388 e. The maximum absolute atomic E-state index is 11.2. The first kappa shape index (κ1) is 18.7. The Morgan fingerprint density at radius 2 is 1.79 bits per heavy atom. The molecule has 0 aliphatic carbocycles. The lowest BCUT2D eigenvalue weighted by Gasteiger charge is -2.16. The van der Waals surface area contributed by atoms with E-state index in [1.54, 1.807) is 18.2 Å². The molecule has 0 saturated heterocycles. The topological polar surface area (TPSA) is 118 Å². The molecule has 0 amide bonds. The molecule has 0 radical (unpaired) electrons. The van der Waals surface area contributed by atoms with E-state index in [9.17, 15) is 19.9 Å². The van der Waals surface area contributed by atoms with Gasteiger partial charge in [-0.1, -0.05) is 19.1 Å². The minimum Gasteiger partial charge on any atom is -0.508 e. The van der Waals surface area contributed by atoms with Crippen LogP contribution in [0, 0.1) is 0 Å². The van der Waals surface area contributed by atoms with E-state index in [-0.39, 0.29) is 28.1 Å². The fraction of sp³-hybridized carbons (Fsp3) is 0.250. The van der Waals surface area contributed by atoms with Crippen molar-refractivity contribution in [3.05, 3.63) is 47.5 Å². The summed E-state index contributed by atoms with van der Waals surface area (Å²) in [4.78, 5) is 18.4. The van der Waals surface area contributed by atoms with Crippen LogP contribution in [0.25, 0.3) is 0 Å². The smallest absolute Gasteiger partial charge is 0.388 e. The van der Waals surface area contributed by atoms with Crippen LogP contribution < -0.4 is 0 Å². The number of rotatable bonds is 6. The van der Waals surface area contributed by atoms with E-state index in [1.165, 1.54) is 6.07 Å². The van der Waals surface area contributed by atoms with E-state index in [1.807, 2.05) is 13.0 Å². The monoisotopic (exact) mass is 370 g/mol. The predicted octanol–water partition coefficient (Wildman–Crippen LogP) is 3.72. The van der Waals surface area contributed by atoms with Crippen LogP contribution in [0.15, 0.2) is 41.3 Å². The van der Waals surface area contributed by atoms with Crippen molar-refractivity contribution in [2.45, 2.75) is 30.6 Å². The van der Waals surface area contributed by atoms with Gasteiger partial charge < -0.3 is 25.1 Å². The van der Waals surface area contributed by atoms with Crippen molar-refractivity contribution < 1.29 is 29.7 Å². The van der Waals surface area contributed by atoms with Crippen molar-refractivity contribution in [2.75, 3.05) is 0 Å². The van der Waals surface area contributed by atoms with Gasteiger partial charge in [-0.15, -0.1) is 0 Å².